The second kappa shape index (κ2) is 25.1. The van der Waals surface area contributed by atoms with E-state index in [4.69, 9.17) is 0 Å². The molecule has 0 aromatic heterocycles. The van der Waals surface area contributed by atoms with Gasteiger partial charge in [-0.2, -0.15) is 0 Å². The first-order chi connectivity index (χ1) is 32.5. The maximum Gasteiger partial charge on any atom is 0.251 e. The van der Waals surface area contributed by atoms with Crippen LogP contribution < -0.4 is 47.9 Å². The van der Waals surface area contributed by atoms with Crippen LogP contribution in [0.3, 0.4) is 0 Å². The van der Waals surface area contributed by atoms with Crippen molar-refractivity contribution in [3.05, 3.63) is 70.8 Å². The van der Waals surface area contributed by atoms with E-state index in [1.54, 1.807) is 60.0 Å². The number of aryl methyl sites for hydroxylation is 1. The van der Waals surface area contributed by atoms with Crippen molar-refractivity contribution in [3.63, 3.8) is 0 Å². The molecule has 380 valence electrons. The molecule has 2 aliphatic rings. The van der Waals surface area contributed by atoms with Gasteiger partial charge < -0.3 is 52.8 Å². The predicted octanol–water partition coefficient (Wildman–Crippen LogP) is 2.23. The highest BCUT2D eigenvalue weighted by molar-refractivity contribution is 6.00. The maximum absolute atomic E-state index is 14.6. The summed E-state index contributed by atoms with van der Waals surface area (Å²) in [5, 5.41) is 26.1. The first-order valence-electron chi connectivity index (χ1n) is 24.4. The number of fused-ring (bicyclic) bond motifs is 1. The molecule has 8 amide bonds. The number of hydrogen-bond donors (Lipinski definition) is 9. The van der Waals surface area contributed by atoms with Gasteiger partial charge in [0.05, 0.1) is 18.1 Å². The van der Waals surface area contributed by atoms with Gasteiger partial charge in [0.1, 0.15) is 24.2 Å². The lowest BCUT2D eigenvalue weighted by Crippen LogP contribution is -2.59. The molecule has 9 N–H and O–H groups in total. The fourth-order valence-corrected chi connectivity index (χ4v) is 8.29. The van der Waals surface area contributed by atoms with Crippen LogP contribution in [0.5, 0.6) is 0 Å². The summed E-state index contributed by atoms with van der Waals surface area (Å²) in [5.41, 5.74) is 1.78. The van der Waals surface area contributed by atoms with Gasteiger partial charge >= 0.3 is 0 Å². The van der Waals surface area contributed by atoms with Crippen LogP contribution in [-0.4, -0.2) is 128 Å². The van der Waals surface area contributed by atoms with Crippen LogP contribution in [0.1, 0.15) is 133 Å². The Balaban J connectivity index is 1.50. The summed E-state index contributed by atoms with van der Waals surface area (Å²) < 4.78 is 0. The topological polar surface area (TPSA) is 248 Å². The molecule has 0 spiro atoms. The summed E-state index contributed by atoms with van der Waals surface area (Å²) in [4.78, 5) is 111. The number of likely N-dealkylation sites (N-methyl/N-ethyl adjacent to an activating group) is 2. The number of benzene rings is 2. The molecule has 69 heavy (non-hydrogen) atoms. The van der Waals surface area contributed by atoms with Crippen molar-refractivity contribution in [1.29, 1.82) is 0 Å². The third kappa shape index (κ3) is 15.3. The van der Waals surface area contributed by atoms with Crippen molar-refractivity contribution in [2.45, 2.75) is 156 Å². The molecule has 2 aromatic rings. The van der Waals surface area contributed by atoms with Crippen LogP contribution in [0.2, 0.25) is 0 Å². The highest BCUT2D eigenvalue weighted by Gasteiger charge is 2.46. The Kier molecular flexibility index (Phi) is 20.3. The summed E-state index contributed by atoms with van der Waals surface area (Å²) in [6.45, 7) is 18.2. The number of nitrogens with one attached hydrogen (secondary N) is 9. The number of nitrogens with zero attached hydrogens (tertiary/aromatic N) is 1. The molecular weight excluding hydrogens is 881 g/mol. The van der Waals surface area contributed by atoms with Gasteiger partial charge in [-0.25, -0.2) is 0 Å². The van der Waals surface area contributed by atoms with Crippen LogP contribution in [0, 0.1) is 17.3 Å². The summed E-state index contributed by atoms with van der Waals surface area (Å²) in [6, 6.07) is 7.88. The molecule has 0 radical (unpaired) electrons. The summed E-state index contributed by atoms with van der Waals surface area (Å²) in [5.74, 6) is -3.77. The molecule has 2 aromatic carbocycles. The van der Waals surface area contributed by atoms with Crippen molar-refractivity contribution < 1.29 is 38.4 Å². The van der Waals surface area contributed by atoms with Crippen molar-refractivity contribution in [3.8, 4) is 0 Å². The lowest BCUT2D eigenvalue weighted by atomic mass is 9.85. The van der Waals surface area contributed by atoms with Crippen LogP contribution in [0.25, 0.3) is 0 Å². The fraction of sp³-hybridized carbons (Fsp3) is 0.608. The summed E-state index contributed by atoms with van der Waals surface area (Å²) in [6.07, 6.45) is 2.65. The highest BCUT2D eigenvalue weighted by Crippen LogP contribution is 2.31. The molecule has 1 aliphatic heterocycles. The van der Waals surface area contributed by atoms with Gasteiger partial charge in [0.25, 0.3) is 11.8 Å². The Bertz CT molecular complexity index is 2160. The molecule has 18 nitrogen and oxygen atoms in total. The van der Waals surface area contributed by atoms with Crippen molar-refractivity contribution in [1.82, 2.24) is 52.8 Å². The minimum Gasteiger partial charge on any atom is -0.352 e. The number of amides is 8. The molecule has 0 unspecified atom stereocenters. The van der Waals surface area contributed by atoms with Gasteiger partial charge in [-0.05, 0) is 114 Å². The van der Waals surface area contributed by atoms with E-state index in [2.05, 4.69) is 53.9 Å². The van der Waals surface area contributed by atoms with Gasteiger partial charge in [-0.3, -0.25) is 38.4 Å². The van der Waals surface area contributed by atoms with Crippen LogP contribution in [0.4, 0.5) is 0 Å². The Morgan fingerprint density at radius 1 is 0.696 bits per heavy atom. The second-order valence-corrected chi connectivity index (χ2v) is 20.4. The normalized spacial score (nSPS) is 19.4. The minimum absolute atomic E-state index is 0.00525. The first kappa shape index (κ1) is 55.7. The Morgan fingerprint density at radius 2 is 1.32 bits per heavy atom. The summed E-state index contributed by atoms with van der Waals surface area (Å²) >= 11 is 0. The first-order valence-corrected chi connectivity index (χ1v) is 24.4. The van der Waals surface area contributed by atoms with Gasteiger partial charge in [-0.15, -0.1) is 0 Å². The van der Waals surface area contributed by atoms with E-state index in [0.717, 1.165) is 30.4 Å². The molecule has 1 heterocycles. The standard InChI is InChI=1S/C51H78N10O8/c1-28(2)30(5)55-47(66)39(58-49(68)41(29(3)4)59-43(62)31(6)52-11)23-24-54-45(64)34-19-15-20-35(25-34)46(65)56-36-26-40(48(67)57-38-22-16-18-33-17-13-14-21-37(33)38)61(27-36)50(69)42(51(8,9)10)60-44(63)32(7)53-12/h13-15,17,19-21,25,28-32,36,38-42,52-53H,16,18,22-24,26-27H2,1-12H3,(H,54,64)(H,55,66)(H,56,65)(H,57,67)(H,58,68)(H,59,62)(H,60,63)/t30-,31+,32-,36-,38+,39+,40-,41+,42+/m0/s1. The fourth-order valence-electron chi connectivity index (χ4n) is 8.29. The zero-order valence-corrected chi connectivity index (χ0v) is 42.6. The largest absolute Gasteiger partial charge is 0.352 e. The van der Waals surface area contributed by atoms with E-state index in [0.29, 0.717) is 0 Å². The molecule has 0 bridgehead atoms. The number of rotatable bonds is 21. The lowest BCUT2D eigenvalue weighted by molar-refractivity contribution is -0.144. The SMILES string of the molecule is CN[C@@H](C)C(=O)N[C@H](C(=O)N1C[C@@H](NC(=O)c2cccc(C(=O)NCC[C@@H](NC(=O)[C@H](NC(=O)[C@@H](C)NC)C(C)C)C(=O)N[C@@H](C)C(C)C)c2)C[C@H]1C(=O)N[C@@H]1CCCc2ccccc21)C(C)(C)C. The second-order valence-electron chi connectivity index (χ2n) is 20.4. The molecule has 0 saturated carbocycles. The number of hydrogen-bond acceptors (Lipinski definition) is 10. The van der Waals surface area contributed by atoms with E-state index in [1.807, 2.05) is 59.7 Å². The van der Waals surface area contributed by atoms with E-state index >= 15 is 0 Å². The Hall–Kier alpha value is -5.88. The maximum atomic E-state index is 14.6. The third-order valence-corrected chi connectivity index (χ3v) is 13.3. The van der Waals surface area contributed by atoms with Crippen molar-refractivity contribution >= 4 is 47.3 Å². The Morgan fingerprint density at radius 3 is 1.93 bits per heavy atom. The molecule has 1 fully saturated rings. The van der Waals surface area contributed by atoms with Gasteiger partial charge in [-0.1, -0.05) is 78.8 Å². The van der Waals surface area contributed by atoms with Gasteiger partial charge in [0.2, 0.25) is 35.4 Å². The zero-order chi connectivity index (χ0) is 51.3. The van der Waals surface area contributed by atoms with Gasteiger partial charge in [0.15, 0.2) is 0 Å². The van der Waals surface area contributed by atoms with E-state index in [-0.39, 0.29) is 78.7 Å². The van der Waals surface area contributed by atoms with Crippen molar-refractivity contribution in [2.75, 3.05) is 27.2 Å². The Labute approximate surface area is 408 Å². The number of carbonyl (C=O) groups excluding carboxylic acids is 8. The van der Waals surface area contributed by atoms with Crippen LogP contribution in [-0.2, 0) is 35.2 Å². The van der Waals surface area contributed by atoms with E-state index < -0.39 is 77.2 Å². The lowest BCUT2D eigenvalue weighted by Gasteiger charge is -2.36. The average Bonchev–Trinajstić information content (AvgIpc) is 3.74. The van der Waals surface area contributed by atoms with Crippen molar-refractivity contribution in [2.24, 2.45) is 17.3 Å². The smallest absolute Gasteiger partial charge is 0.251 e. The van der Waals surface area contributed by atoms with E-state index in [1.165, 1.54) is 11.0 Å². The van der Waals surface area contributed by atoms with Gasteiger partial charge in [0, 0.05) is 36.3 Å². The molecule has 1 saturated heterocycles. The number of likely N-dealkylation sites (tertiary alicyclic amines) is 1. The number of carbonyl (C=O) groups is 8. The van der Waals surface area contributed by atoms with Crippen LogP contribution in [0.15, 0.2) is 48.5 Å². The molecular formula is C51H78N10O8. The quantitative estimate of drug-likeness (QED) is 0.0884. The molecule has 4 rings (SSSR count). The molecule has 1 aliphatic carbocycles. The molecule has 18 heteroatoms. The minimum atomic E-state index is -1.05. The zero-order valence-electron chi connectivity index (χ0n) is 42.6. The average molecular weight is 959 g/mol. The van der Waals surface area contributed by atoms with Crippen LogP contribution >= 0.6 is 0 Å². The third-order valence-electron chi connectivity index (χ3n) is 13.3. The summed E-state index contributed by atoms with van der Waals surface area (Å²) in [7, 11) is 3.28. The van der Waals surface area contributed by atoms with E-state index in [9.17, 15) is 38.4 Å². The highest BCUT2D eigenvalue weighted by atomic mass is 16.2. The molecule has 9 atom stereocenters. The predicted molar refractivity (Wildman–Crippen MR) is 265 cm³/mol. The monoisotopic (exact) mass is 959 g/mol.